The van der Waals surface area contributed by atoms with Gasteiger partial charge in [0, 0.05) is 12.8 Å². The number of hydrogen-bond donors (Lipinski definition) is 0. The van der Waals surface area contributed by atoms with Gasteiger partial charge in [0.1, 0.15) is 0 Å². The van der Waals surface area contributed by atoms with Crippen LogP contribution in [-0.4, -0.2) is 17.0 Å². The second-order valence-corrected chi connectivity index (χ2v) is 7.99. The van der Waals surface area contributed by atoms with E-state index in [4.69, 9.17) is 19.6 Å². The fraction of sp³-hybridized carbons (Fsp3) is 1.00. The molecule has 0 aromatic carbocycles. The van der Waals surface area contributed by atoms with E-state index >= 15 is 0 Å². The van der Waals surface area contributed by atoms with Gasteiger partial charge in [-0.3, -0.25) is 0 Å². The first-order valence-electron chi connectivity index (χ1n) is 8.77. The van der Waals surface area contributed by atoms with Crippen molar-refractivity contribution in [2.75, 3.05) is 0 Å². The first kappa shape index (κ1) is 21.8. The molecular weight excluding hydrogens is 280 g/mol. The van der Waals surface area contributed by atoms with Crippen LogP contribution in [0.25, 0.3) is 0 Å². The van der Waals surface area contributed by atoms with Crippen LogP contribution in [-0.2, 0) is 19.6 Å². The van der Waals surface area contributed by atoms with Gasteiger partial charge in [0.2, 0.25) is 5.79 Å². The molecule has 4 heteroatoms. The summed E-state index contributed by atoms with van der Waals surface area (Å²) in [5.74, 6) is -0.841. The van der Waals surface area contributed by atoms with Crippen LogP contribution in [0, 0.1) is 0 Å². The predicted molar refractivity (Wildman–Crippen MR) is 90.2 cm³/mol. The third kappa shape index (κ3) is 11.4. The summed E-state index contributed by atoms with van der Waals surface area (Å²) in [6, 6.07) is 0. The van der Waals surface area contributed by atoms with Gasteiger partial charge in [0.15, 0.2) is 0 Å². The summed E-state index contributed by atoms with van der Waals surface area (Å²) in [5.41, 5.74) is -0.762. The Morgan fingerprint density at radius 1 is 0.591 bits per heavy atom. The van der Waals surface area contributed by atoms with E-state index in [1.54, 1.807) is 0 Å². The molecule has 0 aliphatic carbocycles. The summed E-state index contributed by atoms with van der Waals surface area (Å²) < 4.78 is 0. The first-order valence-corrected chi connectivity index (χ1v) is 8.77. The highest BCUT2D eigenvalue weighted by atomic mass is 17.3. The molecule has 0 fully saturated rings. The topological polar surface area (TPSA) is 36.9 Å². The van der Waals surface area contributed by atoms with Crippen molar-refractivity contribution in [2.24, 2.45) is 0 Å². The average Bonchev–Trinajstić information content (AvgIpc) is 2.39. The summed E-state index contributed by atoms with van der Waals surface area (Å²) in [7, 11) is 0. The summed E-state index contributed by atoms with van der Waals surface area (Å²) in [6.45, 7) is 16.0. The van der Waals surface area contributed by atoms with E-state index in [2.05, 4.69) is 6.92 Å². The molecule has 0 radical (unpaired) electrons. The molecule has 0 rings (SSSR count). The largest absolute Gasteiger partial charge is 0.233 e. The molecule has 0 aromatic rings. The minimum absolute atomic E-state index is 0.381. The summed E-state index contributed by atoms with van der Waals surface area (Å²) in [4.78, 5) is 22.4. The second kappa shape index (κ2) is 9.86. The highest BCUT2D eigenvalue weighted by Crippen LogP contribution is 2.30. The maximum absolute atomic E-state index is 5.70. The Morgan fingerprint density at radius 2 is 1.05 bits per heavy atom. The van der Waals surface area contributed by atoms with Gasteiger partial charge in [-0.2, -0.15) is 9.78 Å². The van der Waals surface area contributed by atoms with E-state index in [1.807, 2.05) is 48.5 Å². The lowest BCUT2D eigenvalue weighted by Crippen LogP contribution is -2.40. The monoisotopic (exact) mass is 318 g/mol. The van der Waals surface area contributed by atoms with Crippen molar-refractivity contribution in [3.8, 4) is 0 Å². The summed E-state index contributed by atoms with van der Waals surface area (Å²) >= 11 is 0. The van der Waals surface area contributed by atoms with Crippen LogP contribution < -0.4 is 0 Å². The number of unbranched alkanes of at least 4 members (excludes halogenated alkanes) is 4. The van der Waals surface area contributed by atoms with Gasteiger partial charge in [0.05, 0.1) is 11.2 Å². The molecule has 0 aliphatic heterocycles. The molecule has 0 spiro atoms. The van der Waals surface area contributed by atoms with Crippen LogP contribution in [0.1, 0.15) is 100 Å². The SMILES string of the molecule is CCCCCCCC(CC)(OOC(C)(C)C)OOC(C)(C)C. The molecule has 0 heterocycles. The molecule has 0 unspecified atom stereocenters. The van der Waals surface area contributed by atoms with Crippen molar-refractivity contribution in [2.45, 2.75) is 117 Å². The highest BCUT2D eigenvalue weighted by molar-refractivity contribution is 4.67. The van der Waals surface area contributed by atoms with Crippen LogP contribution in [0.15, 0.2) is 0 Å². The molecule has 0 saturated carbocycles. The Hall–Kier alpha value is -0.160. The van der Waals surface area contributed by atoms with E-state index < -0.39 is 5.79 Å². The first-order chi connectivity index (χ1) is 10.0. The summed E-state index contributed by atoms with van der Waals surface area (Å²) in [6.07, 6.45) is 7.41. The molecule has 0 aliphatic rings. The zero-order chi connectivity index (χ0) is 17.3. The van der Waals surface area contributed by atoms with Crippen LogP contribution in [0.4, 0.5) is 0 Å². The third-order valence-corrected chi connectivity index (χ3v) is 3.09. The van der Waals surface area contributed by atoms with Gasteiger partial charge in [-0.25, -0.2) is 9.78 Å². The molecule has 0 N–H and O–H groups in total. The maximum Gasteiger partial charge on any atom is 0.233 e. The van der Waals surface area contributed by atoms with Crippen molar-refractivity contribution in [1.82, 2.24) is 0 Å². The Balaban J connectivity index is 4.61. The fourth-order valence-electron chi connectivity index (χ4n) is 1.79. The molecule has 22 heavy (non-hydrogen) atoms. The lowest BCUT2D eigenvalue weighted by Gasteiger charge is -2.34. The summed E-state index contributed by atoms with van der Waals surface area (Å²) in [5, 5.41) is 0. The maximum atomic E-state index is 5.70. The van der Waals surface area contributed by atoms with Gasteiger partial charge in [-0.05, 0) is 48.0 Å². The van der Waals surface area contributed by atoms with Crippen LogP contribution in [0.5, 0.6) is 0 Å². The quantitative estimate of drug-likeness (QED) is 0.204. The molecule has 0 atom stereocenters. The average molecular weight is 318 g/mol. The molecule has 0 aromatic heterocycles. The highest BCUT2D eigenvalue weighted by Gasteiger charge is 2.36. The van der Waals surface area contributed by atoms with E-state index in [0.717, 1.165) is 12.8 Å². The minimum Gasteiger partial charge on any atom is -0.228 e. The Kier molecular flexibility index (Phi) is 9.79. The normalized spacial score (nSPS) is 13.6. The van der Waals surface area contributed by atoms with E-state index in [9.17, 15) is 0 Å². The van der Waals surface area contributed by atoms with Crippen molar-refractivity contribution >= 4 is 0 Å². The molecule has 4 nitrogen and oxygen atoms in total. The van der Waals surface area contributed by atoms with Gasteiger partial charge in [-0.1, -0.05) is 39.5 Å². The van der Waals surface area contributed by atoms with Gasteiger partial charge in [0.25, 0.3) is 0 Å². The molecule has 0 amide bonds. The van der Waals surface area contributed by atoms with Crippen molar-refractivity contribution in [1.29, 1.82) is 0 Å². The Morgan fingerprint density at radius 3 is 1.41 bits per heavy atom. The van der Waals surface area contributed by atoms with E-state index in [-0.39, 0.29) is 11.2 Å². The number of hydrogen-bond acceptors (Lipinski definition) is 4. The minimum atomic E-state index is -0.841. The Labute approximate surface area is 137 Å². The van der Waals surface area contributed by atoms with Crippen molar-refractivity contribution < 1.29 is 19.6 Å². The van der Waals surface area contributed by atoms with Crippen molar-refractivity contribution in [3.63, 3.8) is 0 Å². The molecular formula is C18H38O4. The standard InChI is InChI=1S/C18H38O4/c1-9-11-12-13-14-15-18(10-2,21-19-16(3,4)5)22-20-17(6,7)8/h9-15H2,1-8H3. The smallest absolute Gasteiger partial charge is 0.228 e. The zero-order valence-electron chi connectivity index (χ0n) is 16.1. The van der Waals surface area contributed by atoms with Gasteiger partial charge >= 0.3 is 0 Å². The van der Waals surface area contributed by atoms with Gasteiger partial charge in [-0.15, -0.1) is 0 Å². The predicted octanol–water partition coefficient (Wildman–Crippen LogP) is 5.95. The van der Waals surface area contributed by atoms with E-state index in [1.165, 1.54) is 25.7 Å². The van der Waals surface area contributed by atoms with Crippen LogP contribution in [0.3, 0.4) is 0 Å². The fourth-order valence-corrected chi connectivity index (χ4v) is 1.79. The van der Waals surface area contributed by atoms with E-state index in [0.29, 0.717) is 6.42 Å². The third-order valence-electron chi connectivity index (χ3n) is 3.09. The second-order valence-electron chi connectivity index (χ2n) is 7.99. The van der Waals surface area contributed by atoms with Crippen LogP contribution in [0.2, 0.25) is 0 Å². The Bertz CT molecular complexity index is 258. The lowest BCUT2D eigenvalue weighted by atomic mass is 10.0. The van der Waals surface area contributed by atoms with Crippen LogP contribution >= 0.6 is 0 Å². The molecule has 0 saturated heterocycles. The lowest BCUT2D eigenvalue weighted by molar-refractivity contribution is -0.543. The molecule has 0 bridgehead atoms. The van der Waals surface area contributed by atoms with Crippen molar-refractivity contribution in [3.05, 3.63) is 0 Å². The van der Waals surface area contributed by atoms with Gasteiger partial charge < -0.3 is 0 Å². The molecule has 134 valence electrons. The number of rotatable bonds is 11. The zero-order valence-corrected chi connectivity index (χ0v) is 16.1.